The van der Waals surface area contributed by atoms with E-state index in [2.05, 4.69) is 26.8 Å². The highest BCUT2D eigenvalue weighted by Crippen LogP contribution is 2.33. The maximum absolute atomic E-state index is 11.9. The van der Waals surface area contributed by atoms with Gasteiger partial charge in [-0.3, -0.25) is 4.79 Å². The minimum Gasteiger partial charge on any atom is -0.466 e. The van der Waals surface area contributed by atoms with Gasteiger partial charge in [-0.2, -0.15) is 0 Å². The van der Waals surface area contributed by atoms with Crippen LogP contribution in [0.4, 0.5) is 0 Å². The fourth-order valence-corrected chi connectivity index (χ4v) is 2.93. The Kier molecular flexibility index (Phi) is 6.45. The van der Waals surface area contributed by atoms with Crippen molar-refractivity contribution < 1.29 is 9.53 Å². The van der Waals surface area contributed by atoms with Crippen LogP contribution in [0.2, 0.25) is 0 Å². The van der Waals surface area contributed by atoms with E-state index in [1.54, 1.807) is 0 Å². The van der Waals surface area contributed by atoms with Gasteiger partial charge < -0.3 is 4.74 Å². The van der Waals surface area contributed by atoms with Crippen LogP contribution in [-0.2, 0) is 9.53 Å². The van der Waals surface area contributed by atoms with Gasteiger partial charge in [0, 0.05) is 0 Å². The first-order valence-corrected chi connectivity index (χ1v) is 7.43. The molecule has 0 spiro atoms. The minimum absolute atomic E-state index is 0.00458. The van der Waals surface area contributed by atoms with E-state index >= 15 is 0 Å². The van der Waals surface area contributed by atoms with Gasteiger partial charge in [0.15, 0.2) is 0 Å². The van der Waals surface area contributed by atoms with Crippen LogP contribution in [0.5, 0.6) is 0 Å². The van der Waals surface area contributed by atoms with Crippen LogP contribution in [0.25, 0.3) is 0 Å². The first-order valence-electron chi connectivity index (χ1n) is 7.43. The van der Waals surface area contributed by atoms with Crippen LogP contribution >= 0.6 is 0 Å². The number of hydrogen-bond donors (Lipinski definition) is 0. The first kappa shape index (κ1) is 15.3. The predicted octanol–water partition coefficient (Wildman–Crippen LogP) is 4.35. The van der Waals surface area contributed by atoms with E-state index in [0.717, 1.165) is 31.1 Å². The molecule has 18 heavy (non-hydrogen) atoms. The third-order valence-corrected chi connectivity index (χ3v) is 3.79. The molecule has 0 aliphatic heterocycles. The molecule has 0 saturated heterocycles. The second-order valence-corrected chi connectivity index (χ2v) is 5.76. The molecule has 2 heteroatoms. The fraction of sp³-hybridized carbons (Fsp3) is 0.812. The van der Waals surface area contributed by atoms with E-state index in [1.807, 2.05) is 6.92 Å². The number of ether oxygens (including phenoxy) is 1. The Morgan fingerprint density at radius 1 is 1.44 bits per heavy atom. The van der Waals surface area contributed by atoms with Crippen LogP contribution < -0.4 is 0 Å². The van der Waals surface area contributed by atoms with Crippen molar-refractivity contribution in [3.63, 3.8) is 0 Å². The largest absolute Gasteiger partial charge is 0.466 e. The SMILES string of the molecule is CCOC(=O)[C@@H](CC)C1=CC[C@@H](CC(C)C)CC1. The number of esters is 1. The van der Waals surface area contributed by atoms with Crippen molar-refractivity contribution in [2.75, 3.05) is 6.61 Å². The number of rotatable bonds is 6. The summed E-state index contributed by atoms with van der Waals surface area (Å²) >= 11 is 0. The fourth-order valence-electron chi connectivity index (χ4n) is 2.93. The van der Waals surface area contributed by atoms with E-state index in [9.17, 15) is 4.79 Å². The molecule has 1 aliphatic rings. The van der Waals surface area contributed by atoms with Crippen molar-refractivity contribution in [2.45, 2.75) is 59.8 Å². The molecule has 0 N–H and O–H groups in total. The molecule has 0 radical (unpaired) electrons. The zero-order chi connectivity index (χ0) is 13.5. The molecule has 0 aromatic carbocycles. The molecule has 2 nitrogen and oxygen atoms in total. The maximum Gasteiger partial charge on any atom is 0.313 e. The Labute approximate surface area is 112 Å². The van der Waals surface area contributed by atoms with E-state index in [1.165, 1.54) is 18.4 Å². The molecule has 0 heterocycles. The van der Waals surface area contributed by atoms with E-state index in [4.69, 9.17) is 4.74 Å². The highest BCUT2D eigenvalue weighted by atomic mass is 16.5. The van der Waals surface area contributed by atoms with Crippen molar-refractivity contribution in [3.8, 4) is 0 Å². The van der Waals surface area contributed by atoms with Crippen LogP contribution in [0.15, 0.2) is 11.6 Å². The van der Waals surface area contributed by atoms with Gasteiger partial charge in [0.25, 0.3) is 0 Å². The van der Waals surface area contributed by atoms with Crippen molar-refractivity contribution in [1.29, 1.82) is 0 Å². The van der Waals surface area contributed by atoms with E-state index < -0.39 is 0 Å². The predicted molar refractivity (Wildman–Crippen MR) is 75.3 cm³/mol. The van der Waals surface area contributed by atoms with Crippen LogP contribution in [0.1, 0.15) is 59.8 Å². The number of carbonyl (C=O) groups is 1. The average molecular weight is 252 g/mol. The molecule has 0 bridgehead atoms. The third-order valence-electron chi connectivity index (χ3n) is 3.79. The topological polar surface area (TPSA) is 26.3 Å². The highest BCUT2D eigenvalue weighted by Gasteiger charge is 2.25. The summed E-state index contributed by atoms with van der Waals surface area (Å²) in [5.41, 5.74) is 1.32. The van der Waals surface area contributed by atoms with Gasteiger partial charge >= 0.3 is 5.97 Å². The van der Waals surface area contributed by atoms with Gasteiger partial charge in [-0.1, -0.05) is 32.4 Å². The molecule has 0 aromatic heterocycles. The van der Waals surface area contributed by atoms with Gasteiger partial charge in [-0.05, 0) is 50.9 Å². The van der Waals surface area contributed by atoms with Crippen LogP contribution in [-0.4, -0.2) is 12.6 Å². The highest BCUT2D eigenvalue weighted by molar-refractivity contribution is 5.75. The third kappa shape index (κ3) is 4.47. The summed E-state index contributed by atoms with van der Waals surface area (Å²) in [7, 11) is 0. The van der Waals surface area contributed by atoms with E-state index in [0.29, 0.717) is 6.61 Å². The summed E-state index contributed by atoms with van der Waals surface area (Å²) in [6.07, 6.45) is 7.93. The van der Waals surface area contributed by atoms with Crippen LogP contribution in [0, 0.1) is 17.8 Å². The van der Waals surface area contributed by atoms with Gasteiger partial charge in [0.2, 0.25) is 0 Å². The Morgan fingerprint density at radius 2 is 2.17 bits per heavy atom. The van der Waals surface area contributed by atoms with Crippen molar-refractivity contribution in [2.24, 2.45) is 17.8 Å². The first-order chi connectivity index (χ1) is 8.58. The average Bonchev–Trinajstić information content (AvgIpc) is 2.32. The minimum atomic E-state index is -0.0337. The summed E-state index contributed by atoms with van der Waals surface area (Å²) in [6, 6.07) is 0. The second-order valence-electron chi connectivity index (χ2n) is 5.76. The zero-order valence-corrected chi connectivity index (χ0v) is 12.4. The molecule has 1 aliphatic carbocycles. The summed E-state index contributed by atoms with van der Waals surface area (Å²) in [4.78, 5) is 11.9. The standard InChI is InChI=1S/C16H28O2/c1-5-15(16(17)18-6-2)14-9-7-13(8-10-14)11-12(3)4/h9,12-13,15H,5-8,10-11H2,1-4H3/t13-,15+/m1/s1. The van der Waals surface area contributed by atoms with Crippen molar-refractivity contribution >= 4 is 5.97 Å². The normalized spacial score (nSPS) is 21.6. The molecule has 104 valence electrons. The van der Waals surface area contributed by atoms with E-state index in [-0.39, 0.29) is 11.9 Å². The lowest BCUT2D eigenvalue weighted by Crippen LogP contribution is -2.22. The molecule has 0 unspecified atom stereocenters. The van der Waals surface area contributed by atoms with Gasteiger partial charge in [0.05, 0.1) is 12.5 Å². The number of carbonyl (C=O) groups excluding carboxylic acids is 1. The molecule has 0 aromatic rings. The van der Waals surface area contributed by atoms with Crippen molar-refractivity contribution in [1.82, 2.24) is 0 Å². The zero-order valence-electron chi connectivity index (χ0n) is 12.4. The molecular formula is C16H28O2. The molecule has 2 atom stereocenters. The summed E-state index contributed by atoms with van der Waals surface area (Å²) in [5.74, 6) is 1.56. The Morgan fingerprint density at radius 3 is 2.61 bits per heavy atom. The lowest BCUT2D eigenvalue weighted by Gasteiger charge is -2.26. The Bertz CT molecular complexity index is 291. The maximum atomic E-state index is 11.9. The lowest BCUT2D eigenvalue weighted by molar-refractivity contribution is -0.146. The molecule has 0 fully saturated rings. The summed E-state index contributed by atoms with van der Waals surface area (Å²) < 4.78 is 5.16. The monoisotopic (exact) mass is 252 g/mol. The molecular weight excluding hydrogens is 224 g/mol. The summed E-state index contributed by atoms with van der Waals surface area (Å²) in [6.45, 7) is 9.00. The lowest BCUT2D eigenvalue weighted by atomic mass is 9.80. The van der Waals surface area contributed by atoms with Crippen molar-refractivity contribution in [3.05, 3.63) is 11.6 Å². The Balaban J connectivity index is 2.56. The summed E-state index contributed by atoms with van der Waals surface area (Å²) in [5, 5.41) is 0. The number of hydrogen-bond acceptors (Lipinski definition) is 2. The second kappa shape index (κ2) is 7.60. The van der Waals surface area contributed by atoms with Gasteiger partial charge in [-0.15, -0.1) is 0 Å². The quantitative estimate of drug-likeness (QED) is 0.519. The smallest absolute Gasteiger partial charge is 0.313 e. The molecule has 0 amide bonds. The molecule has 1 rings (SSSR count). The van der Waals surface area contributed by atoms with Crippen LogP contribution in [0.3, 0.4) is 0 Å². The molecule has 0 saturated carbocycles. The Hall–Kier alpha value is -0.790. The van der Waals surface area contributed by atoms with Gasteiger partial charge in [-0.25, -0.2) is 0 Å². The number of allylic oxidation sites excluding steroid dienone is 1. The van der Waals surface area contributed by atoms with Gasteiger partial charge in [0.1, 0.15) is 0 Å².